The van der Waals surface area contributed by atoms with Crippen LogP contribution in [0.4, 0.5) is 4.79 Å². The van der Waals surface area contributed by atoms with Crippen LogP contribution >= 0.6 is 0 Å². The Morgan fingerprint density at radius 2 is 2.31 bits per heavy atom. The molecular weight excluding hydrogens is 172 g/mol. The number of Topliss-reactive ketones (excluding diaryl/α,β-unsaturated/α-hetero) is 1. The highest BCUT2D eigenvalue weighted by molar-refractivity contribution is 5.95. The standard InChI is InChI=1S/C8H8N2O3/c11-5-4-9-8(12)10-7(5)6-2-1-3-13-6/h1-3,7H,4H2,(H2,9,10,12)/t7-/m1/s1. The average molecular weight is 180 g/mol. The molecule has 1 aromatic heterocycles. The van der Waals surface area contributed by atoms with Crippen molar-refractivity contribution in [2.75, 3.05) is 6.54 Å². The van der Waals surface area contributed by atoms with Crippen molar-refractivity contribution in [1.29, 1.82) is 0 Å². The van der Waals surface area contributed by atoms with Crippen molar-refractivity contribution in [2.45, 2.75) is 6.04 Å². The van der Waals surface area contributed by atoms with Crippen molar-refractivity contribution in [2.24, 2.45) is 0 Å². The lowest BCUT2D eigenvalue weighted by Crippen LogP contribution is -2.50. The Labute approximate surface area is 74.1 Å². The van der Waals surface area contributed by atoms with E-state index in [9.17, 15) is 9.59 Å². The third-order valence-electron chi connectivity index (χ3n) is 1.85. The van der Waals surface area contributed by atoms with Crippen LogP contribution in [-0.4, -0.2) is 18.4 Å². The van der Waals surface area contributed by atoms with Crippen molar-refractivity contribution in [3.8, 4) is 0 Å². The number of nitrogens with one attached hydrogen (secondary N) is 2. The van der Waals surface area contributed by atoms with Gasteiger partial charge in [-0.3, -0.25) is 4.79 Å². The maximum absolute atomic E-state index is 11.3. The van der Waals surface area contributed by atoms with E-state index < -0.39 is 6.04 Å². The minimum absolute atomic E-state index is 0.0528. The molecule has 1 aromatic rings. The van der Waals surface area contributed by atoms with Crippen LogP contribution in [0.1, 0.15) is 11.8 Å². The highest BCUT2D eigenvalue weighted by atomic mass is 16.3. The van der Waals surface area contributed by atoms with E-state index in [0.29, 0.717) is 5.76 Å². The third-order valence-corrected chi connectivity index (χ3v) is 1.85. The van der Waals surface area contributed by atoms with Gasteiger partial charge < -0.3 is 15.1 Å². The van der Waals surface area contributed by atoms with Crippen LogP contribution in [0.5, 0.6) is 0 Å². The summed E-state index contributed by atoms with van der Waals surface area (Å²) in [4.78, 5) is 22.2. The van der Waals surface area contributed by atoms with E-state index in [1.54, 1.807) is 12.1 Å². The lowest BCUT2D eigenvalue weighted by atomic mass is 10.1. The molecule has 0 bridgehead atoms. The number of amides is 2. The first-order valence-corrected chi connectivity index (χ1v) is 3.88. The van der Waals surface area contributed by atoms with Gasteiger partial charge in [0.1, 0.15) is 11.8 Å². The second-order valence-corrected chi connectivity index (χ2v) is 2.74. The minimum atomic E-state index is -0.635. The minimum Gasteiger partial charge on any atom is -0.467 e. The van der Waals surface area contributed by atoms with Crippen molar-refractivity contribution in [3.63, 3.8) is 0 Å². The van der Waals surface area contributed by atoms with Crippen molar-refractivity contribution >= 4 is 11.8 Å². The molecule has 0 aliphatic carbocycles. The summed E-state index contributed by atoms with van der Waals surface area (Å²) in [6.45, 7) is 0.0528. The topological polar surface area (TPSA) is 71.3 Å². The summed E-state index contributed by atoms with van der Waals surface area (Å²) in [5.41, 5.74) is 0. The van der Waals surface area contributed by atoms with E-state index >= 15 is 0 Å². The zero-order chi connectivity index (χ0) is 9.26. The van der Waals surface area contributed by atoms with E-state index in [2.05, 4.69) is 10.6 Å². The molecule has 1 fully saturated rings. The summed E-state index contributed by atoms with van der Waals surface area (Å²) >= 11 is 0. The summed E-state index contributed by atoms with van der Waals surface area (Å²) in [7, 11) is 0. The van der Waals surface area contributed by atoms with Crippen molar-refractivity contribution in [1.82, 2.24) is 10.6 Å². The van der Waals surface area contributed by atoms with Gasteiger partial charge in [-0.05, 0) is 12.1 Å². The molecule has 1 atom stereocenters. The summed E-state index contributed by atoms with van der Waals surface area (Å²) in [6, 6.07) is 2.36. The maximum Gasteiger partial charge on any atom is 0.316 e. The lowest BCUT2D eigenvalue weighted by molar-refractivity contribution is -0.121. The van der Waals surface area contributed by atoms with Crippen LogP contribution < -0.4 is 10.6 Å². The van der Waals surface area contributed by atoms with Gasteiger partial charge in [-0.2, -0.15) is 0 Å². The molecule has 1 aliphatic rings. The first-order chi connectivity index (χ1) is 6.27. The summed E-state index contributed by atoms with van der Waals surface area (Å²) < 4.78 is 5.03. The number of rotatable bonds is 1. The van der Waals surface area contributed by atoms with Gasteiger partial charge in [0.15, 0.2) is 5.78 Å². The van der Waals surface area contributed by atoms with Gasteiger partial charge in [0.05, 0.1) is 12.8 Å². The molecule has 2 amide bonds. The molecule has 68 valence electrons. The van der Waals surface area contributed by atoms with E-state index in [0.717, 1.165) is 0 Å². The average Bonchev–Trinajstić information content (AvgIpc) is 2.61. The molecule has 1 aliphatic heterocycles. The SMILES string of the molecule is O=C1NCC(=O)[C@H](c2ccco2)N1. The molecule has 2 N–H and O–H groups in total. The zero-order valence-corrected chi connectivity index (χ0v) is 6.74. The van der Waals surface area contributed by atoms with Gasteiger partial charge >= 0.3 is 6.03 Å². The number of urea groups is 1. The quantitative estimate of drug-likeness (QED) is 0.648. The van der Waals surface area contributed by atoms with Crippen LogP contribution in [-0.2, 0) is 4.79 Å². The van der Waals surface area contributed by atoms with Gasteiger partial charge in [-0.25, -0.2) is 4.79 Å². The number of carbonyl (C=O) groups excluding carboxylic acids is 2. The van der Waals surface area contributed by atoms with Crippen molar-refractivity contribution in [3.05, 3.63) is 24.2 Å². The summed E-state index contributed by atoms with van der Waals surface area (Å²) in [5, 5.41) is 4.86. The first-order valence-electron chi connectivity index (χ1n) is 3.88. The number of carbonyl (C=O) groups is 2. The third kappa shape index (κ3) is 1.40. The fraction of sp³-hybridized carbons (Fsp3) is 0.250. The van der Waals surface area contributed by atoms with Crippen LogP contribution in [0.3, 0.4) is 0 Å². The second kappa shape index (κ2) is 2.93. The molecule has 2 rings (SSSR count). The Bertz CT molecular complexity index is 331. The van der Waals surface area contributed by atoms with Gasteiger partial charge in [-0.15, -0.1) is 0 Å². The highest BCUT2D eigenvalue weighted by Crippen LogP contribution is 2.15. The number of ketones is 1. The van der Waals surface area contributed by atoms with Crippen LogP contribution in [0.15, 0.2) is 22.8 Å². The number of hydrogen-bond donors (Lipinski definition) is 2. The number of hydrogen-bond acceptors (Lipinski definition) is 3. The van der Waals surface area contributed by atoms with Crippen LogP contribution in [0.2, 0.25) is 0 Å². The molecule has 1 saturated heterocycles. The molecule has 0 aromatic carbocycles. The maximum atomic E-state index is 11.3. The number of furan rings is 1. The Balaban J connectivity index is 2.22. The molecule has 13 heavy (non-hydrogen) atoms. The van der Waals surface area contributed by atoms with E-state index in [-0.39, 0.29) is 18.4 Å². The summed E-state index contributed by atoms with van der Waals surface area (Å²) in [6.07, 6.45) is 1.47. The first kappa shape index (κ1) is 7.85. The molecule has 0 saturated carbocycles. The van der Waals surface area contributed by atoms with Gasteiger partial charge in [0.25, 0.3) is 0 Å². The monoisotopic (exact) mass is 180 g/mol. The van der Waals surface area contributed by atoms with Crippen LogP contribution in [0, 0.1) is 0 Å². The molecule has 0 spiro atoms. The van der Waals surface area contributed by atoms with Crippen molar-refractivity contribution < 1.29 is 14.0 Å². The smallest absolute Gasteiger partial charge is 0.316 e. The van der Waals surface area contributed by atoms with E-state index in [4.69, 9.17) is 4.42 Å². The predicted octanol–water partition coefficient (Wildman–Crippen LogP) is 0.203. The fourth-order valence-electron chi connectivity index (χ4n) is 1.22. The van der Waals surface area contributed by atoms with Crippen LogP contribution in [0.25, 0.3) is 0 Å². The van der Waals surface area contributed by atoms with E-state index in [1.165, 1.54) is 6.26 Å². The Kier molecular flexibility index (Phi) is 1.77. The lowest BCUT2D eigenvalue weighted by Gasteiger charge is -2.20. The predicted molar refractivity (Wildman–Crippen MR) is 43.0 cm³/mol. The zero-order valence-electron chi connectivity index (χ0n) is 6.74. The molecule has 5 nitrogen and oxygen atoms in total. The Morgan fingerprint density at radius 3 is 3.00 bits per heavy atom. The molecule has 0 radical (unpaired) electrons. The summed E-state index contributed by atoms with van der Waals surface area (Å²) in [5.74, 6) is 0.370. The van der Waals surface area contributed by atoms with Gasteiger partial charge in [-0.1, -0.05) is 0 Å². The Hall–Kier alpha value is -1.78. The van der Waals surface area contributed by atoms with Gasteiger partial charge in [0.2, 0.25) is 0 Å². The second-order valence-electron chi connectivity index (χ2n) is 2.74. The molecule has 2 heterocycles. The largest absolute Gasteiger partial charge is 0.467 e. The van der Waals surface area contributed by atoms with E-state index in [1.807, 2.05) is 0 Å². The Morgan fingerprint density at radius 1 is 1.46 bits per heavy atom. The van der Waals surface area contributed by atoms with Gasteiger partial charge in [0, 0.05) is 0 Å². The molecule has 5 heteroatoms. The fourth-order valence-corrected chi connectivity index (χ4v) is 1.22. The molecule has 0 unspecified atom stereocenters. The highest BCUT2D eigenvalue weighted by Gasteiger charge is 2.28. The molecular formula is C8H8N2O3. The normalized spacial score (nSPS) is 22.3.